The Kier molecular flexibility index (Phi) is 76.3. The van der Waals surface area contributed by atoms with E-state index in [0.717, 1.165) is 96.3 Å². The highest BCUT2D eigenvalue weighted by Gasteiger charge is 2.16. The highest BCUT2D eigenvalue weighted by atomic mass is 16.6. The number of aliphatic hydroxyl groups is 1. The first-order valence-electron chi connectivity index (χ1n) is 39.1. The number of allylic oxidation sites excluding steroid dienone is 20. The Hall–Kier alpha value is -3.70. The van der Waals surface area contributed by atoms with Crippen LogP contribution in [0, 0.1) is 0 Å². The van der Waals surface area contributed by atoms with Crippen molar-refractivity contribution in [1.29, 1.82) is 0 Å². The van der Waals surface area contributed by atoms with E-state index < -0.39 is 6.10 Å². The van der Waals surface area contributed by atoms with Gasteiger partial charge in [0.05, 0.1) is 6.61 Å². The molecule has 0 radical (unpaired) electrons. The quantitative estimate of drug-likeness (QED) is 0.0373. The molecule has 0 bridgehead atoms. The SMILES string of the molecule is CC/C=C\C/C=C\C/C=C\C/C=C\C/C=C\C/C=C\C/C=C\C/C=C\C/C=C\CCCCCCCCCCCCCCCC(=O)OC(CO)COC(=O)CCCCCCCCCCCCCCCCCCCCCCCCC/C=C\CCCCCCCCCC. The second-order valence-corrected chi connectivity index (χ2v) is 26.1. The second-order valence-electron chi connectivity index (χ2n) is 26.1. The lowest BCUT2D eigenvalue weighted by molar-refractivity contribution is -0.161. The lowest BCUT2D eigenvalue weighted by Crippen LogP contribution is -2.28. The number of hydrogen-bond donors (Lipinski definition) is 1. The number of ether oxygens (including phenoxy) is 2. The van der Waals surface area contributed by atoms with Crippen molar-refractivity contribution in [2.45, 2.75) is 392 Å². The van der Waals surface area contributed by atoms with Crippen molar-refractivity contribution in [2.75, 3.05) is 13.2 Å². The van der Waals surface area contributed by atoms with E-state index in [1.54, 1.807) is 0 Å². The van der Waals surface area contributed by atoms with Crippen molar-refractivity contribution in [2.24, 2.45) is 0 Å². The van der Waals surface area contributed by atoms with Crippen LogP contribution in [-0.2, 0) is 19.1 Å². The summed E-state index contributed by atoms with van der Waals surface area (Å²) in [7, 11) is 0. The minimum absolute atomic E-state index is 0.0665. The molecular weight excluding hydrogens is 1100 g/mol. The van der Waals surface area contributed by atoms with Crippen LogP contribution in [0.5, 0.6) is 0 Å². The molecule has 0 aromatic carbocycles. The van der Waals surface area contributed by atoms with Crippen molar-refractivity contribution in [3.8, 4) is 0 Å². The molecule has 0 aromatic rings. The maximum atomic E-state index is 12.4. The minimum Gasteiger partial charge on any atom is -0.462 e. The molecule has 0 rings (SSSR count). The molecule has 5 heteroatoms. The van der Waals surface area contributed by atoms with Gasteiger partial charge in [-0.2, -0.15) is 0 Å². The zero-order chi connectivity index (χ0) is 64.7. The van der Waals surface area contributed by atoms with Crippen LogP contribution >= 0.6 is 0 Å². The van der Waals surface area contributed by atoms with E-state index in [1.807, 2.05) is 0 Å². The van der Waals surface area contributed by atoms with Crippen LogP contribution in [-0.4, -0.2) is 36.4 Å². The predicted molar refractivity (Wildman–Crippen MR) is 398 cm³/mol. The number of carbonyl (C=O) groups is 2. The molecule has 0 saturated heterocycles. The fourth-order valence-electron chi connectivity index (χ4n) is 11.4. The largest absolute Gasteiger partial charge is 0.462 e. The monoisotopic (exact) mass is 1250 g/mol. The van der Waals surface area contributed by atoms with Crippen LogP contribution in [0.15, 0.2) is 122 Å². The summed E-state index contributed by atoms with van der Waals surface area (Å²) in [5.41, 5.74) is 0. The summed E-state index contributed by atoms with van der Waals surface area (Å²) in [5, 5.41) is 9.73. The van der Waals surface area contributed by atoms with Gasteiger partial charge >= 0.3 is 11.9 Å². The summed E-state index contributed by atoms with van der Waals surface area (Å²) >= 11 is 0. The van der Waals surface area contributed by atoms with Crippen molar-refractivity contribution >= 4 is 11.9 Å². The summed E-state index contributed by atoms with van der Waals surface area (Å²) in [5.74, 6) is -0.579. The van der Waals surface area contributed by atoms with Gasteiger partial charge in [0.2, 0.25) is 0 Å². The Labute approximate surface area is 560 Å². The minimum atomic E-state index is -0.779. The van der Waals surface area contributed by atoms with Crippen LogP contribution in [0.3, 0.4) is 0 Å². The number of rotatable bonds is 72. The Bertz CT molecular complexity index is 1750. The van der Waals surface area contributed by atoms with Gasteiger partial charge in [0.1, 0.15) is 6.61 Å². The van der Waals surface area contributed by atoms with Gasteiger partial charge in [-0.25, -0.2) is 0 Å². The van der Waals surface area contributed by atoms with Gasteiger partial charge in [-0.1, -0.05) is 386 Å². The average Bonchev–Trinajstić information content (AvgIpc) is 3.60. The first-order valence-corrected chi connectivity index (χ1v) is 39.1. The van der Waals surface area contributed by atoms with Crippen LogP contribution < -0.4 is 0 Å². The van der Waals surface area contributed by atoms with Crippen molar-refractivity contribution < 1.29 is 24.2 Å². The Morgan fingerprint density at radius 2 is 0.478 bits per heavy atom. The number of hydrogen-bond acceptors (Lipinski definition) is 5. The van der Waals surface area contributed by atoms with Crippen LogP contribution in [0.25, 0.3) is 0 Å². The lowest BCUT2D eigenvalue weighted by Gasteiger charge is -2.15. The fourth-order valence-corrected chi connectivity index (χ4v) is 11.4. The third-order valence-corrected chi connectivity index (χ3v) is 17.2. The van der Waals surface area contributed by atoms with Gasteiger partial charge in [0.15, 0.2) is 6.10 Å². The molecule has 0 aliphatic heterocycles. The van der Waals surface area contributed by atoms with Gasteiger partial charge < -0.3 is 14.6 Å². The second kappa shape index (κ2) is 79.5. The van der Waals surface area contributed by atoms with E-state index in [0.29, 0.717) is 12.8 Å². The Morgan fingerprint density at radius 3 is 0.733 bits per heavy atom. The molecule has 1 N–H and O–H groups in total. The molecular formula is C85H148O5. The molecule has 0 aliphatic carbocycles. The maximum Gasteiger partial charge on any atom is 0.306 e. The molecule has 1 unspecified atom stereocenters. The molecule has 0 fully saturated rings. The molecule has 0 saturated carbocycles. The fraction of sp³-hybridized carbons (Fsp3) is 0.741. The van der Waals surface area contributed by atoms with E-state index in [4.69, 9.17) is 9.47 Å². The molecule has 0 aromatic heterocycles. The molecule has 90 heavy (non-hydrogen) atoms. The smallest absolute Gasteiger partial charge is 0.306 e. The third kappa shape index (κ3) is 76.8. The molecule has 518 valence electrons. The molecule has 0 heterocycles. The van der Waals surface area contributed by atoms with Gasteiger partial charge in [-0.15, -0.1) is 0 Å². The summed E-state index contributed by atoms with van der Waals surface area (Å²) < 4.78 is 10.8. The van der Waals surface area contributed by atoms with Gasteiger partial charge in [0.25, 0.3) is 0 Å². The Morgan fingerprint density at radius 1 is 0.267 bits per heavy atom. The zero-order valence-electron chi connectivity index (χ0n) is 59.6. The standard InChI is InChI=1S/C85H148O5/c1-3-5-7-9-11-13-15-17-19-21-23-25-27-29-31-33-35-37-39-40-41-42-43-44-46-48-50-52-54-56-58-60-62-64-66-68-70-72-74-76-78-80-85(88)90-83(81-86)82-89-84(87)79-77-75-73-71-69-67-65-63-61-59-57-55-53-51-49-47-45-38-36-34-32-30-28-26-24-22-20-18-16-14-12-10-8-6-4-2/h5,7,11,13,17,19,22-25,29,31,35,37,40-41,43-44,48,50,83,86H,3-4,6,8-10,12,14-16,18,20-21,26-28,30,32-34,36,38-39,42,45-47,49,51-82H2,1-2H3/b7-5-,13-11-,19-17-,24-22-,25-23-,31-29-,37-35-,41-40-,44-43-,50-48-. The van der Waals surface area contributed by atoms with Crippen molar-refractivity contribution in [3.05, 3.63) is 122 Å². The first-order chi connectivity index (χ1) is 44.6. The van der Waals surface area contributed by atoms with Gasteiger partial charge in [-0.3, -0.25) is 9.59 Å². The zero-order valence-corrected chi connectivity index (χ0v) is 59.6. The number of carbonyl (C=O) groups excluding carboxylic acids is 2. The average molecular weight is 1250 g/mol. The van der Waals surface area contributed by atoms with Crippen molar-refractivity contribution in [3.63, 3.8) is 0 Å². The highest BCUT2D eigenvalue weighted by Crippen LogP contribution is 2.19. The molecule has 0 amide bonds. The molecule has 0 spiro atoms. The van der Waals surface area contributed by atoms with E-state index in [9.17, 15) is 14.7 Å². The topological polar surface area (TPSA) is 72.8 Å². The van der Waals surface area contributed by atoms with Gasteiger partial charge in [0, 0.05) is 12.8 Å². The normalized spacial score (nSPS) is 12.9. The van der Waals surface area contributed by atoms with Gasteiger partial charge in [-0.05, 0) is 109 Å². The summed E-state index contributed by atoms with van der Waals surface area (Å²) in [4.78, 5) is 24.7. The maximum absolute atomic E-state index is 12.4. The predicted octanol–water partition coefficient (Wildman–Crippen LogP) is 27.7. The van der Waals surface area contributed by atoms with E-state index >= 15 is 0 Å². The number of unbranched alkanes of at least 4 members (excludes halogenated alkanes) is 44. The highest BCUT2D eigenvalue weighted by molar-refractivity contribution is 5.70. The first kappa shape index (κ1) is 86.3. The van der Waals surface area contributed by atoms with E-state index in [1.165, 1.54) is 263 Å². The number of esters is 2. The van der Waals surface area contributed by atoms with E-state index in [2.05, 4.69) is 135 Å². The van der Waals surface area contributed by atoms with Crippen LogP contribution in [0.2, 0.25) is 0 Å². The summed E-state index contributed by atoms with van der Waals surface area (Å²) in [6.07, 6.45) is 117. The molecule has 0 aliphatic rings. The van der Waals surface area contributed by atoms with Crippen LogP contribution in [0.4, 0.5) is 0 Å². The third-order valence-electron chi connectivity index (χ3n) is 17.2. The molecule has 1 atom stereocenters. The Balaban J connectivity index is 3.46. The van der Waals surface area contributed by atoms with Crippen molar-refractivity contribution in [1.82, 2.24) is 0 Å². The lowest BCUT2D eigenvalue weighted by atomic mass is 10.0. The molecule has 5 nitrogen and oxygen atoms in total. The van der Waals surface area contributed by atoms with E-state index in [-0.39, 0.29) is 25.2 Å². The van der Waals surface area contributed by atoms with Crippen LogP contribution in [0.1, 0.15) is 386 Å². The summed E-state index contributed by atoms with van der Waals surface area (Å²) in [6, 6.07) is 0. The summed E-state index contributed by atoms with van der Waals surface area (Å²) in [6.45, 7) is 4.07. The number of aliphatic hydroxyl groups excluding tert-OH is 1.